The molecule has 0 spiro atoms. The minimum Gasteiger partial charge on any atom is -0.493 e. The molecule has 0 N–H and O–H groups in total. The Hall–Kier alpha value is -1.91. The fourth-order valence-corrected chi connectivity index (χ4v) is 3.12. The number of amides is 1. The minimum absolute atomic E-state index is 0.129. The molecule has 6 heteroatoms. The molecule has 1 aliphatic rings. The highest BCUT2D eigenvalue weighted by molar-refractivity contribution is 6.42. The van der Waals surface area contributed by atoms with Gasteiger partial charge in [-0.15, -0.1) is 0 Å². The lowest BCUT2D eigenvalue weighted by atomic mass is 10.2. The molecular formula is C19H20Cl2N2O2. The molecule has 1 amide bonds. The van der Waals surface area contributed by atoms with Crippen LogP contribution in [0.5, 0.6) is 5.75 Å². The van der Waals surface area contributed by atoms with Gasteiger partial charge in [0.25, 0.3) is 0 Å². The number of para-hydroxylation sites is 1. The molecule has 4 nitrogen and oxygen atoms in total. The van der Waals surface area contributed by atoms with Crippen LogP contribution in [-0.4, -0.2) is 43.6 Å². The van der Waals surface area contributed by atoms with Crippen molar-refractivity contribution in [1.82, 2.24) is 4.90 Å². The standard InChI is InChI=1S/C19H20Cl2N2O2/c20-17-7-6-15(14-18(17)21)22-9-11-23(12-10-22)19(24)8-13-25-16-4-2-1-3-5-16/h1-7,14H,8-13H2. The molecule has 1 heterocycles. The number of nitrogens with zero attached hydrogens (tertiary/aromatic N) is 2. The maximum Gasteiger partial charge on any atom is 0.226 e. The zero-order chi connectivity index (χ0) is 17.6. The van der Waals surface area contributed by atoms with Crippen molar-refractivity contribution in [1.29, 1.82) is 0 Å². The van der Waals surface area contributed by atoms with Crippen LogP contribution < -0.4 is 9.64 Å². The Morgan fingerprint density at radius 2 is 1.68 bits per heavy atom. The first kappa shape index (κ1) is 17.9. The smallest absolute Gasteiger partial charge is 0.226 e. The highest BCUT2D eigenvalue weighted by atomic mass is 35.5. The maximum atomic E-state index is 12.3. The van der Waals surface area contributed by atoms with Gasteiger partial charge in [-0.25, -0.2) is 0 Å². The Bertz CT molecular complexity index is 717. The highest BCUT2D eigenvalue weighted by Gasteiger charge is 2.21. The molecule has 0 radical (unpaired) electrons. The van der Waals surface area contributed by atoms with Crippen molar-refractivity contribution in [2.75, 3.05) is 37.7 Å². The minimum atomic E-state index is 0.129. The molecule has 0 aliphatic carbocycles. The Balaban J connectivity index is 1.45. The third-order valence-electron chi connectivity index (χ3n) is 4.23. The number of hydrogen-bond acceptors (Lipinski definition) is 3. The van der Waals surface area contributed by atoms with Crippen molar-refractivity contribution in [3.8, 4) is 5.75 Å². The van der Waals surface area contributed by atoms with E-state index in [1.165, 1.54) is 0 Å². The summed E-state index contributed by atoms with van der Waals surface area (Å²) in [5, 5.41) is 1.10. The first-order chi connectivity index (χ1) is 12.1. The molecule has 132 valence electrons. The Morgan fingerprint density at radius 3 is 2.36 bits per heavy atom. The summed E-state index contributed by atoms with van der Waals surface area (Å²) in [6.07, 6.45) is 0.391. The number of benzene rings is 2. The quantitative estimate of drug-likeness (QED) is 0.784. The predicted octanol–water partition coefficient (Wildman–Crippen LogP) is 4.11. The third kappa shape index (κ3) is 4.80. The van der Waals surface area contributed by atoms with Gasteiger partial charge in [-0.1, -0.05) is 41.4 Å². The number of carbonyl (C=O) groups excluding carboxylic acids is 1. The van der Waals surface area contributed by atoms with Gasteiger partial charge >= 0.3 is 0 Å². The molecule has 0 aromatic heterocycles. The van der Waals surface area contributed by atoms with Gasteiger partial charge in [-0.05, 0) is 30.3 Å². The van der Waals surface area contributed by atoms with E-state index in [-0.39, 0.29) is 5.91 Å². The Kier molecular flexibility index (Phi) is 6.05. The SMILES string of the molecule is O=C(CCOc1ccccc1)N1CCN(c2ccc(Cl)c(Cl)c2)CC1. The molecule has 1 fully saturated rings. The molecule has 2 aromatic rings. The van der Waals surface area contributed by atoms with Gasteiger partial charge in [-0.3, -0.25) is 4.79 Å². The first-order valence-electron chi connectivity index (χ1n) is 8.29. The Morgan fingerprint density at radius 1 is 0.960 bits per heavy atom. The van der Waals surface area contributed by atoms with Gasteiger partial charge in [0, 0.05) is 31.9 Å². The van der Waals surface area contributed by atoms with E-state index < -0.39 is 0 Å². The molecule has 0 saturated carbocycles. The van der Waals surface area contributed by atoms with E-state index >= 15 is 0 Å². The van der Waals surface area contributed by atoms with Crippen molar-refractivity contribution in [3.63, 3.8) is 0 Å². The number of rotatable bonds is 5. The maximum absolute atomic E-state index is 12.3. The van der Waals surface area contributed by atoms with Crippen LogP contribution in [0.2, 0.25) is 10.0 Å². The summed E-state index contributed by atoms with van der Waals surface area (Å²) in [5.74, 6) is 0.921. The summed E-state index contributed by atoms with van der Waals surface area (Å²) in [6, 6.07) is 15.2. The van der Waals surface area contributed by atoms with Gasteiger partial charge in [0.1, 0.15) is 5.75 Å². The van der Waals surface area contributed by atoms with Crippen molar-refractivity contribution >= 4 is 34.8 Å². The zero-order valence-corrected chi connectivity index (χ0v) is 15.3. The van der Waals surface area contributed by atoms with Gasteiger partial charge in [0.15, 0.2) is 0 Å². The molecule has 0 atom stereocenters. The van der Waals surface area contributed by atoms with Crippen LogP contribution in [-0.2, 0) is 4.79 Å². The number of piperazine rings is 1. The summed E-state index contributed by atoms with van der Waals surface area (Å²) in [7, 11) is 0. The van der Waals surface area contributed by atoms with Gasteiger partial charge in [0.05, 0.1) is 23.1 Å². The third-order valence-corrected chi connectivity index (χ3v) is 4.97. The lowest BCUT2D eigenvalue weighted by Gasteiger charge is -2.36. The monoisotopic (exact) mass is 378 g/mol. The molecule has 1 saturated heterocycles. The van der Waals surface area contributed by atoms with E-state index in [1.54, 1.807) is 6.07 Å². The molecule has 0 bridgehead atoms. The van der Waals surface area contributed by atoms with E-state index in [2.05, 4.69) is 4.90 Å². The number of hydrogen-bond donors (Lipinski definition) is 0. The summed E-state index contributed by atoms with van der Waals surface area (Å²) in [5.41, 5.74) is 1.04. The number of carbonyl (C=O) groups is 1. The van der Waals surface area contributed by atoms with Crippen molar-refractivity contribution in [3.05, 3.63) is 58.6 Å². The van der Waals surface area contributed by atoms with E-state index in [1.807, 2.05) is 47.4 Å². The van der Waals surface area contributed by atoms with Crippen LogP contribution in [0.15, 0.2) is 48.5 Å². The van der Waals surface area contributed by atoms with E-state index in [9.17, 15) is 4.79 Å². The molecular weight excluding hydrogens is 359 g/mol. The summed E-state index contributed by atoms with van der Waals surface area (Å²) >= 11 is 12.0. The van der Waals surface area contributed by atoms with Crippen molar-refractivity contribution < 1.29 is 9.53 Å². The Labute approximate surface area is 157 Å². The molecule has 0 unspecified atom stereocenters. The summed E-state index contributed by atoms with van der Waals surface area (Å²) < 4.78 is 5.60. The molecule has 3 rings (SSSR count). The van der Waals surface area contributed by atoms with Gasteiger partial charge in [0.2, 0.25) is 5.91 Å². The fourth-order valence-electron chi connectivity index (χ4n) is 2.83. The van der Waals surface area contributed by atoms with Crippen LogP contribution in [0.4, 0.5) is 5.69 Å². The van der Waals surface area contributed by atoms with Crippen LogP contribution >= 0.6 is 23.2 Å². The second-order valence-electron chi connectivity index (χ2n) is 5.88. The summed E-state index contributed by atoms with van der Waals surface area (Å²) in [4.78, 5) is 16.4. The van der Waals surface area contributed by atoms with Crippen LogP contribution in [0.3, 0.4) is 0 Å². The van der Waals surface area contributed by atoms with E-state index in [0.29, 0.717) is 36.2 Å². The second-order valence-corrected chi connectivity index (χ2v) is 6.69. The van der Waals surface area contributed by atoms with Crippen LogP contribution in [0, 0.1) is 0 Å². The number of ether oxygens (including phenoxy) is 1. The first-order valence-corrected chi connectivity index (χ1v) is 9.05. The van der Waals surface area contributed by atoms with Gasteiger partial charge < -0.3 is 14.5 Å². The lowest BCUT2D eigenvalue weighted by Crippen LogP contribution is -2.49. The normalized spacial score (nSPS) is 14.5. The van der Waals surface area contributed by atoms with E-state index in [4.69, 9.17) is 27.9 Å². The largest absolute Gasteiger partial charge is 0.493 e. The second kappa shape index (κ2) is 8.45. The highest BCUT2D eigenvalue weighted by Crippen LogP contribution is 2.27. The van der Waals surface area contributed by atoms with Crippen LogP contribution in [0.25, 0.3) is 0 Å². The van der Waals surface area contributed by atoms with Crippen LogP contribution in [0.1, 0.15) is 6.42 Å². The lowest BCUT2D eigenvalue weighted by molar-refractivity contribution is -0.132. The number of anilines is 1. The predicted molar refractivity (Wildman–Crippen MR) is 102 cm³/mol. The van der Waals surface area contributed by atoms with Crippen molar-refractivity contribution in [2.45, 2.75) is 6.42 Å². The van der Waals surface area contributed by atoms with Gasteiger partial charge in [-0.2, -0.15) is 0 Å². The van der Waals surface area contributed by atoms with E-state index in [0.717, 1.165) is 24.5 Å². The topological polar surface area (TPSA) is 32.8 Å². The average molecular weight is 379 g/mol. The number of halogens is 2. The zero-order valence-electron chi connectivity index (χ0n) is 13.8. The summed E-state index contributed by atoms with van der Waals surface area (Å²) in [6.45, 7) is 3.36. The molecule has 2 aromatic carbocycles. The molecule has 1 aliphatic heterocycles. The van der Waals surface area contributed by atoms with Crippen molar-refractivity contribution in [2.24, 2.45) is 0 Å². The molecule has 25 heavy (non-hydrogen) atoms. The average Bonchev–Trinajstić information content (AvgIpc) is 2.65. The fraction of sp³-hybridized carbons (Fsp3) is 0.316.